The van der Waals surface area contributed by atoms with Crippen molar-refractivity contribution in [3.63, 3.8) is 0 Å². The quantitative estimate of drug-likeness (QED) is 0.862. The predicted molar refractivity (Wildman–Crippen MR) is 71.3 cm³/mol. The highest BCUT2D eigenvalue weighted by atomic mass is 32.1. The molecule has 2 aromatic heterocycles. The molecule has 3 rings (SSSR count). The Morgan fingerprint density at radius 1 is 1.33 bits per heavy atom. The summed E-state index contributed by atoms with van der Waals surface area (Å²) in [4.78, 5) is 9.95. The predicted octanol–water partition coefficient (Wildman–Crippen LogP) is 0.214. The molecule has 98 valence electrons. The largest absolute Gasteiger partial charge is 0.395 e. The topological polar surface area (TPSA) is 56.9 Å². The van der Waals surface area contributed by atoms with E-state index in [9.17, 15) is 0 Å². The number of hydrogen-bond acceptors (Lipinski definition) is 6. The molecule has 1 saturated heterocycles. The zero-order valence-electron chi connectivity index (χ0n) is 10.4. The first kappa shape index (κ1) is 11.9. The first-order valence-electron chi connectivity index (χ1n) is 6.17. The van der Waals surface area contributed by atoms with Crippen molar-refractivity contribution in [2.45, 2.75) is 6.92 Å². The minimum Gasteiger partial charge on any atom is -0.395 e. The van der Waals surface area contributed by atoms with E-state index in [0.717, 1.165) is 48.5 Å². The molecular weight excluding hydrogens is 250 g/mol. The van der Waals surface area contributed by atoms with Gasteiger partial charge in [0.05, 0.1) is 18.5 Å². The normalized spacial score (nSPS) is 17.8. The highest BCUT2D eigenvalue weighted by Crippen LogP contribution is 2.23. The van der Waals surface area contributed by atoms with Gasteiger partial charge in [-0.25, -0.2) is 9.50 Å². The van der Waals surface area contributed by atoms with Crippen LogP contribution in [0.1, 0.15) is 5.69 Å². The van der Waals surface area contributed by atoms with Gasteiger partial charge in [-0.2, -0.15) is 0 Å². The van der Waals surface area contributed by atoms with Crippen molar-refractivity contribution in [1.29, 1.82) is 0 Å². The van der Waals surface area contributed by atoms with Crippen molar-refractivity contribution < 1.29 is 5.11 Å². The Labute approximate surface area is 109 Å². The van der Waals surface area contributed by atoms with Crippen molar-refractivity contribution in [2.75, 3.05) is 44.2 Å². The number of rotatable bonds is 3. The van der Waals surface area contributed by atoms with Gasteiger partial charge in [-0.3, -0.25) is 4.90 Å². The molecule has 2 aromatic rings. The Morgan fingerprint density at radius 3 is 2.78 bits per heavy atom. The second-order valence-corrected chi connectivity index (χ2v) is 5.48. The number of aryl methyl sites for hydroxylation is 1. The van der Waals surface area contributed by atoms with Crippen LogP contribution in [0, 0.1) is 6.92 Å². The van der Waals surface area contributed by atoms with E-state index in [1.807, 2.05) is 17.6 Å². The van der Waals surface area contributed by atoms with E-state index >= 15 is 0 Å². The van der Waals surface area contributed by atoms with Gasteiger partial charge in [-0.05, 0) is 6.92 Å². The molecule has 0 amide bonds. The number of piperazine rings is 1. The summed E-state index contributed by atoms with van der Waals surface area (Å²) >= 11 is 1.64. The fourth-order valence-electron chi connectivity index (χ4n) is 2.23. The highest BCUT2D eigenvalue weighted by molar-refractivity contribution is 7.20. The van der Waals surface area contributed by atoms with Crippen LogP contribution < -0.4 is 4.90 Å². The van der Waals surface area contributed by atoms with Gasteiger partial charge in [0.2, 0.25) is 10.1 Å². The molecule has 0 bridgehead atoms. The average molecular weight is 267 g/mol. The third-order valence-corrected chi connectivity index (χ3v) is 4.20. The Kier molecular flexibility index (Phi) is 3.19. The molecular formula is C11H17N5OS. The molecule has 0 atom stereocenters. The lowest BCUT2D eigenvalue weighted by Gasteiger charge is -2.33. The Bertz CT molecular complexity index is 497. The van der Waals surface area contributed by atoms with E-state index in [0.29, 0.717) is 0 Å². The molecule has 18 heavy (non-hydrogen) atoms. The van der Waals surface area contributed by atoms with Gasteiger partial charge in [0, 0.05) is 32.7 Å². The minimum absolute atomic E-state index is 0.240. The lowest BCUT2D eigenvalue weighted by Crippen LogP contribution is -2.47. The highest BCUT2D eigenvalue weighted by Gasteiger charge is 2.19. The van der Waals surface area contributed by atoms with Gasteiger partial charge in [-0.1, -0.05) is 11.3 Å². The van der Waals surface area contributed by atoms with Crippen LogP contribution in [0.4, 0.5) is 5.13 Å². The van der Waals surface area contributed by atoms with E-state index in [-0.39, 0.29) is 6.61 Å². The van der Waals surface area contributed by atoms with Crippen LogP contribution in [0.3, 0.4) is 0 Å². The number of fused-ring (bicyclic) bond motifs is 1. The molecule has 0 aromatic carbocycles. The van der Waals surface area contributed by atoms with Crippen LogP contribution in [-0.4, -0.2) is 63.9 Å². The van der Waals surface area contributed by atoms with Crippen molar-refractivity contribution in [1.82, 2.24) is 19.5 Å². The number of hydrogen-bond donors (Lipinski definition) is 1. The maximum Gasteiger partial charge on any atom is 0.214 e. The summed E-state index contributed by atoms with van der Waals surface area (Å²) in [5, 5.41) is 14.5. The molecule has 6 nitrogen and oxygen atoms in total. The molecule has 7 heteroatoms. The van der Waals surface area contributed by atoms with E-state index in [1.54, 1.807) is 11.3 Å². The molecule has 0 spiro atoms. The van der Waals surface area contributed by atoms with E-state index in [1.165, 1.54) is 0 Å². The van der Waals surface area contributed by atoms with E-state index < -0.39 is 0 Å². The van der Waals surface area contributed by atoms with Gasteiger partial charge in [0.25, 0.3) is 0 Å². The van der Waals surface area contributed by atoms with Crippen LogP contribution in [0.2, 0.25) is 0 Å². The second-order valence-electron chi connectivity index (χ2n) is 4.55. The van der Waals surface area contributed by atoms with Gasteiger partial charge >= 0.3 is 0 Å². The zero-order valence-corrected chi connectivity index (χ0v) is 11.2. The summed E-state index contributed by atoms with van der Waals surface area (Å²) in [5.41, 5.74) is 1.01. The van der Waals surface area contributed by atoms with E-state index in [2.05, 4.69) is 19.9 Å². The summed E-state index contributed by atoms with van der Waals surface area (Å²) in [6.07, 6.45) is 1.96. The fraction of sp³-hybridized carbons (Fsp3) is 0.636. The smallest absolute Gasteiger partial charge is 0.214 e. The van der Waals surface area contributed by atoms with Crippen molar-refractivity contribution in [2.24, 2.45) is 0 Å². The number of aliphatic hydroxyl groups excluding tert-OH is 1. The van der Waals surface area contributed by atoms with Crippen LogP contribution in [0.5, 0.6) is 0 Å². The summed E-state index contributed by atoms with van der Waals surface area (Å²) in [6.45, 7) is 6.90. The number of anilines is 1. The van der Waals surface area contributed by atoms with Crippen LogP contribution in [0.15, 0.2) is 6.20 Å². The van der Waals surface area contributed by atoms with Crippen molar-refractivity contribution >= 4 is 21.4 Å². The van der Waals surface area contributed by atoms with Crippen LogP contribution >= 0.6 is 11.3 Å². The van der Waals surface area contributed by atoms with Gasteiger partial charge < -0.3 is 10.0 Å². The fourth-order valence-corrected chi connectivity index (χ4v) is 3.21. The first-order chi connectivity index (χ1) is 8.76. The number of β-amino-alcohol motifs (C(OH)–C–C–N with tert-alkyl or cyclic N) is 1. The van der Waals surface area contributed by atoms with Crippen LogP contribution in [0.25, 0.3) is 4.96 Å². The molecule has 0 aliphatic carbocycles. The van der Waals surface area contributed by atoms with E-state index in [4.69, 9.17) is 5.11 Å². The molecule has 0 unspecified atom stereocenters. The molecule has 0 radical (unpaired) electrons. The monoisotopic (exact) mass is 267 g/mol. The third-order valence-electron chi connectivity index (χ3n) is 3.21. The summed E-state index contributed by atoms with van der Waals surface area (Å²) in [6, 6.07) is 0. The number of imidazole rings is 1. The van der Waals surface area contributed by atoms with Crippen LogP contribution in [-0.2, 0) is 0 Å². The lowest BCUT2D eigenvalue weighted by atomic mass is 10.3. The Morgan fingerprint density at radius 2 is 2.11 bits per heavy atom. The number of aliphatic hydroxyl groups is 1. The molecule has 1 aliphatic rings. The lowest BCUT2D eigenvalue weighted by molar-refractivity contribution is 0.188. The third kappa shape index (κ3) is 2.21. The second kappa shape index (κ2) is 4.83. The standard InChI is InChI=1S/C11H17N5OS/c1-9-8-16-10(12-9)18-11(13-16)15-4-2-14(3-5-15)6-7-17/h8,17H,2-7H2,1H3. The van der Waals surface area contributed by atoms with Crippen molar-refractivity contribution in [3.8, 4) is 0 Å². The van der Waals surface area contributed by atoms with Gasteiger partial charge in [0.15, 0.2) is 0 Å². The number of aromatic nitrogens is 3. The molecule has 3 heterocycles. The molecule has 1 aliphatic heterocycles. The summed E-state index contributed by atoms with van der Waals surface area (Å²) < 4.78 is 1.86. The molecule has 0 saturated carbocycles. The van der Waals surface area contributed by atoms with Gasteiger partial charge in [0.1, 0.15) is 0 Å². The Balaban J connectivity index is 1.70. The first-order valence-corrected chi connectivity index (χ1v) is 6.99. The maximum atomic E-state index is 8.92. The summed E-state index contributed by atoms with van der Waals surface area (Å²) in [5.74, 6) is 0. The van der Waals surface area contributed by atoms with Gasteiger partial charge in [-0.15, -0.1) is 5.10 Å². The molecule has 1 fully saturated rings. The van der Waals surface area contributed by atoms with Crippen molar-refractivity contribution in [3.05, 3.63) is 11.9 Å². The molecule has 1 N–H and O–H groups in total. The summed E-state index contributed by atoms with van der Waals surface area (Å²) in [7, 11) is 0. The maximum absolute atomic E-state index is 8.92. The minimum atomic E-state index is 0.240. The zero-order chi connectivity index (χ0) is 12.5. The number of nitrogens with zero attached hydrogens (tertiary/aromatic N) is 5. The SMILES string of the molecule is Cc1cn2nc(N3CCN(CCO)CC3)sc2n1. The Hall–Kier alpha value is -1.18. The average Bonchev–Trinajstić information content (AvgIpc) is 2.87.